The fourth-order valence-electron chi connectivity index (χ4n) is 0.560. The molecule has 0 heterocycles. The second-order valence-corrected chi connectivity index (χ2v) is 1.92. The molecule has 0 aromatic heterocycles. The first-order valence-corrected chi connectivity index (χ1v) is 2.81. The van der Waals surface area contributed by atoms with Crippen LogP contribution >= 0.6 is 0 Å². The number of nitrogens with two attached hydrogens (primary N) is 2. The zero-order valence-corrected chi connectivity index (χ0v) is 5.98. The largest absolute Gasteiger partial charge is 0.481 e. The molecule has 0 saturated carbocycles. The quantitative estimate of drug-likeness (QED) is 0.330. The van der Waals surface area contributed by atoms with Crippen LogP contribution in [0.25, 0.3) is 0 Å². The van der Waals surface area contributed by atoms with Gasteiger partial charge in [-0.3, -0.25) is 9.59 Å². The summed E-state index contributed by atoms with van der Waals surface area (Å²) in [7, 11) is 1.20. The number of carbonyl (C=O) groups is 2. The lowest BCUT2D eigenvalue weighted by atomic mass is 10.1. The Balaban J connectivity index is 4.34. The van der Waals surface area contributed by atoms with Gasteiger partial charge in [0, 0.05) is 7.11 Å². The van der Waals surface area contributed by atoms with E-state index in [-0.39, 0.29) is 0 Å². The van der Waals surface area contributed by atoms with Crippen LogP contribution < -0.4 is 11.5 Å². The number of carboxylic acids is 1. The number of aliphatic carboxylic acids is 1. The minimum Gasteiger partial charge on any atom is -0.481 e. The number of carboxylic acid groups (broad SMARTS) is 1. The minimum absolute atomic E-state index is 1.01. The number of primary amides is 1. The van der Waals surface area contributed by atoms with Gasteiger partial charge in [-0.1, -0.05) is 0 Å². The minimum atomic E-state index is -1.49. The van der Waals surface area contributed by atoms with Gasteiger partial charge in [-0.05, 0) is 0 Å². The van der Waals surface area contributed by atoms with E-state index in [1.165, 1.54) is 7.11 Å². The van der Waals surface area contributed by atoms with Gasteiger partial charge in [-0.2, -0.15) is 0 Å². The molecule has 0 rings (SSSR count). The highest BCUT2D eigenvalue weighted by atomic mass is 16.5. The van der Waals surface area contributed by atoms with Crippen LogP contribution in [0.2, 0.25) is 0 Å². The number of hydrogen-bond acceptors (Lipinski definition) is 4. The zero-order chi connectivity index (χ0) is 9.02. The maximum atomic E-state index is 10.4. The average Bonchev–Trinajstić information content (AvgIpc) is 1.85. The van der Waals surface area contributed by atoms with Gasteiger partial charge in [0.2, 0.25) is 5.91 Å². The van der Waals surface area contributed by atoms with Gasteiger partial charge in [-0.25, -0.2) is 0 Å². The van der Waals surface area contributed by atoms with Gasteiger partial charge in [0.1, 0.15) is 6.23 Å². The highest BCUT2D eigenvalue weighted by Crippen LogP contribution is 2.01. The van der Waals surface area contributed by atoms with Crippen molar-refractivity contribution in [1.82, 2.24) is 0 Å². The predicted octanol–water partition coefficient (Wildman–Crippen LogP) is -1.90. The van der Waals surface area contributed by atoms with Crippen LogP contribution in [0.3, 0.4) is 0 Å². The lowest BCUT2D eigenvalue weighted by Crippen LogP contribution is -2.45. The van der Waals surface area contributed by atoms with E-state index in [0.29, 0.717) is 0 Å². The maximum absolute atomic E-state index is 10.4. The first-order valence-electron chi connectivity index (χ1n) is 2.81. The highest BCUT2D eigenvalue weighted by molar-refractivity contribution is 5.96. The van der Waals surface area contributed by atoms with Crippen LogP contribution in [0.1, 0.15) is 0 Å². The Morgan fingerprint density at radius 3 is 2.09 bits per heavy atom. The van der Waals surface area contributed by atoms with Crippen molar-refractivity contribution in [3.8, 4) is 0 Å². The van der Waals surface area contributed by atoms with Crippen LogP contribution in [-0.4, -0.2) is 30.3 Å². The van der Waals surface area contributed by atoms with Gasteiger partial charge in [-0.15, -0.1) is 0 Å². The van der Waals surface area contributed by atoms with Crippen LogP contribution in [-0.2, 0) is 14.3 Å². The van der Waals surface area contributed by atoms with Gasteiger partial charge in [0.05, 0.1) is 0 Å². The van der Waals surface area contributed by atoms with Crippen molar-refractivity contribution in [2.75, 3.05) is 7.11 Å². The van der Waals surface area contributed by atoms with Crippen LogP contribution in [0.15, 0.2) is 0 Å². The molecule has 11 heavy (non-hydrogen) atoms. The van der Waals surface area contributed by atoms with Crippen molar-refractivity contribution >= 4 is 11.9 Å². The summed E-state index contributed by atoms with van der Waals surface area (Å²) in [6.07, 6.45) is -1.19. The Labute approximate surface area is 63.1 Å². The lowest BCUT2D eigenvalue weighted by Gasteiger charge is -2.14. The smallest absolute Gasteiger partial charge is 0.320 e. The molecule has 64 valence electrons. The molecule has 0 aromatic carbocycles. The summed E-state index contributed by atoms with van der Waals surface area (Å²) in [6, 6.07) is 0. The van der Waals surface area contributed by atoms with E-state index in [2.05, 4.69) is 4.74 Å². The van der Waals surface area contributed by atoms with E-state index < -0.39 is 24.0 Å². The first-order chi connectivity index (χ1) is 5.00. The summed E-state index contributed by atoms with van der Waals surface area (Å²) in [5.41, 5.74) is 9.85. The normalized spacial score (nSPS) is 15.5. The van der Waals surface area contributed by atoms with Crippen molar-refractivity contribution < 1.29 is 19.4 Å². The van der Waals surface area contributed by atoms with Gasteiger partial charge in [0.15, 0.2) is 5.92 Å². The van der Waals surface area contributed by atoms with Crippen molar-refractivity contribution in [1.29, 1.82) is 0 Å². The third-order valence-corrected chi connectivity index (χ3v) is 1.17. The van der Waals surface area contributed by atoms with E-state index in [1.54, 1.807) is 0 Å². The number of methoxy groups -OCH3 is 1. The highest BCUT2D eigenvalue weighted by Gasteiger charge is 2.30. The van der Waals surface area contributed by atoms with Gasteiger partial charge >= 0.3 is 5.97 Å². The Hall–Kier alpha value is -1.14. The summed E-state index contributed by atoms with van der Waals surface area (Å²) in [4.78, 5) is 20.7. The van der Waals surface area contributed by atoms with E-state index in [1.807, 2.05) is 0 Å². The standard InChI is InChI=1S/C5H10N2O4/c1-11-4(7)2(3(6)8)5(9)10/h2,4H,7H2,1H3,(H2,6,8)(H,9,10). The van der Waals surface area contributed by atoms with E-state index >= 15 is 0 Å². The SMILES string of the molecule is COC(N)C(C(N)=O)C(=O)O. The monoisotopic (exact) mass is 162 g/mol. The van der Waals surface area contributed by atoms with Crippen molar-refractivity contribution in [2.24, 2.45) is 17.4 Å². The first kappa shape index (κ1) is 9.86. The Morgan fingerprint density at radius 2 is 2.00 bits per heavy atom. The zero-order valence-electron chi connectivity index (χ0n) is 5.98. The Morgan fingerprint density at radius 1 is 1.55 bits per heavy atom. The fourth-order valence-corrected chi connectivity index (χ4v) is 0.560. The van der Waals surface area contributed by atoms with E-state index in [0.717, 1.165) is 0 Å². The second-order valence-electron chi connectivity index (χ2n) is 1.92. The summed E-state index contributed by atoms with van der Waals surface area (Å²) in [5.74, 6) is -3.88. The van der Waals surface area contributed by atoms with Crippen molar-refractivity contribution in [2.45, 2.75) is 6.23 Å². The molecule has 0 aliphatic rings. The van der Waals surface area contributed by atoms with E-state index in [4.69, 9.17) is 16.6 Å². The molecule has 0 aromatic rings. The average molecular weight is 162 g/mol. The molecule has 0 bridgehead atoms. The lowest BCUT2D eigenvalue weighted by molar-refractivity contribution is -0.151. The maximum Gasteiger partial charge on any atom is 0.320 e. The summed E-state index contributed by atoms with van der Waals surface area (Å²) < 4.78 is 4.43. The van der Waals surface area contributed by atoms with Crippen LogP contribution in [0, 0.1) is 5.92 Å². The number of carbonyl (C=O) groups excluding carboxylic acids is 1. The topological polar surface area (TPSA) is 116 Å². The summed E-state index contributed by atoms with van der Waals surface area (Å²) in [5, 5.41) is 8.38. The summed E-state index contributed by atoms with van der Waals surface area (Å²) >= 11 is 0. The molecule has 5 N–H and O–H groups in total. The predicted molar refractivity (Wildman–Crippen MR) is 35.3 cm³/mol. The Bertz CT molecular complexity index is 156. The summed E-state index contributed by atoms with van der Waals surface area (Å²) in [6.45, 7) is 0. The van der Waals surface area contributed by atoms with Crippen LogP contribution in [0.5, 0.6) is 0 Å². The second kappa shape index (κ2) is 3.89. The number of hydrogen-bond donors (Lipinski definition) is 3. The number of amides is 1. The van der Waals surface area contributed by atoms with Crippen molar-refractivity contribution in [3.63, 3.8) is 0 Å². The molecule has 2 unspecified atom stereocenters. The molecular weight excluding hydrogens is 152 g/mol. The molecule has 0 aliphatic heterocycles. The number of rotatable bonds is 4. The molecule has 0 spiro atoms. The third-order valence-electron chi connectivity index (χ3n) is 1.17. The molecule has 6 heteroatoms. The molecule has 0 fully saturated rings. The number of ether oxygens (including phenoxy) is 1. The fraction of sp³-hybridized carbons (Fsp3) is 0.600. The van der Waals surface area contributed by atoms with Gasteiger partial charge < -0.3 is 21.3 Å². The van der Waals surface area contributed by atoms with E-state index in [9.17, 15) is 9.59 Å². The molecule has 0 saturated heterocycles. The molecular formula is C5H10N2O4. The Kier molecular flexibility index (Phi) is 3.49. The molecule has 2 atom stereocenters. The molecule has 6 nitrogen and oxygen atoms in total. The van der Waals surface area contributed by atoms with Gasteiger partial charge in [0.25, 0.3) is 0 Å². The molecule has 0 radical (unpaired) electrons. The molecule has 0 aliphatic carbocycles. The molecule has 1 amide bonds. The van der Waals surface area contributed by atoms with Crippen molar-refractivity contribution in [3.05, 3.63) is 0 Å². The van der Waals surface area contributed by atoms with Crippen LogP contribution in [0.4, 0.5) is 0 Å². The third kappa shape index (κ3) is 2.52.